The van der Waals surface area contributed by atoms with Crippen LogP contribution in [-0.4, -0.2) is 18.9 Å². The lowest BCUT2D eigenvalue weighted by atomic mass is 9.91. The zero-order valence-electron chi connectivity index (χ0n) is 12.0. The van der Waals surface area contributed by atoms with E-state index in [-0.39, 0.29) is 0 Å². The molecule has 1 aliphatic rings. The summed E-state index contributed by atoms with van der Waals surface area (Å²) in [7, 11) is 0. The maximum absolute atomic E-state index is 12.0. The summed E-state index contributed by atoms with van der Waals surface area (Å²) in [6.45, 7) is 4.40. The Morgan fingerprint density at radius 1 is 1.16 bits per heavy atom. The molecular formula is C17H25NO. The zero-order chi connectivity index (χ0) is 13.5. The third-order valence-electron chi connectivity index (χ3n) is 4.12. The topological polar surface area (TPSA) is 29.1 Å². The quantitative estimate of drug-likeness (QED) is 0.850. The Balaban J connectivity index is 1.73. The molecule has 0 aliphatic carbocycles. The van der Waals surface area contributed by atoms with Gasteiger partial charge in [-0.3, -0.25) is 4.79 Å². The molecule has 1 aromatic rings. The minimum Gasteiger partial charge on any atom is -0.317 e. The first-order valence-corrected chi connectivity index (χ1v) is 7.58. The largest absolute Gasteiger partial charge is 0.317 e. The highest BCUT2D eigenvalue weighted by Gasteiger charge is 2.14. The summed E-state index contributed by atoms with van der Waals surface area (Å²) in [5, 5.41) is 3.37. The third kappa shape index (κ3) is 4.79. The van der Waals surface area contributed by atoms with Crippen LogP contribution in [0.3, 0.4) is 0 Å². The Morgan fingerprint density at radius 2 is 1.79 bits per heavy atom. The predicted molar refractivity (Wildman–Crippen MR) is 79.4 cm³/mol. The van der Waals surface area contributed by atoms with E-state index in [0.29, 0.717) is 12.2 Å². The fourth-order valence-corrected chi connectivity index (χ4v) is 2.74. The molecule has 0 amide bonds. The number of nitrogens with one attached hydrogen (secondary N) is 1. The molecule has 0 bridgehead atoms. The van der Waals surface area contributed by atoms with E-state index in [2.05, 4.69) is 36.5 Å². The molecule has 0 atom stereocenters. The van der Waals surface area contributed by atoms with Crippen LogP contribution in [0.25, 0.3) is 0 Å². The van der Waals surface area contributed by atoms with Gasteiger partial charge in [0.15, 0.2) is 0 Å². The van der Waals surface area contributed by atoms with Gasteiger partial charge in [0, 0.05) is 12.8 Å². The minimum atomic E-state index is 0.391. The van der Waals surface area contributed by atoms with Gasteiger partial charge in [0.05, 0.1) is 0 Å². The summed E-state index contributed by atoms with van der Waals surface area (Å²) in [5.41, 5.74) is 2.50. The van der Waals surface area contributed by atoms with Crippen LogP contribution in [0.2, 0.25) is 0 Å². The van der Waals surface area contributed by atoms with E-state index in [0.717, 1.165) is 43.8 Å². The monoisotopic (exact) mass is 259 g/mol. The lowest BCUT2D eigenvalue weighted by Gasteiger charge is -2.22. The molecule has 0 unspecified atom stereocenters. The van der Waals surface area contributed by atoms with Gasteiger partial charge >= 0.3 is 0 Å². The molecule has 1 aliphatic heterocycles. The van der Waals surface area contributed by atoms with Crippen molar-refractivity contribution in [3.8, 4) is 0 Å². The molecule has 2 heteroatoms. The van der Waals surface area contributed by atoms with E-state index in [1.54, 1.807) is 0 Å². The van der Waals surface area contributed by atoms with Crippen molar-refractivity contribution < 1.29 is 4.79 Å². The van der Waals surface area contributed by atoms with Gasteiger partial charge in [-0.25, -0.2) is 0 Å². The average molecular weight is 259 g/mol. The van der Waals surface area contributed by atoms with Crippen LogP contribution >= 0.6 is 0 Å². The van der Waals surface area contributed by atoms with Gasteiger partial charge in [-0.05, 0) is 55.8 Å². The summed E-state index contributed by atoms with van der Waals surface area (Å²) in [4.78, 5) is 12.0. The van der Waals surface area contributed by atoms with Crippen molar-refractivity contribution in [2.24, 2.45) is 5.92 Å². The Kier molecular flexibility index (Phi) is 5.59. The Bertz CT molecular complexity index is 390. The van der Waals surface area contributed by atoms with E-state index in [4.69, 9.17) is 0 Å². The standard InChI is InChI=1S/C17H25NO/c1-2-14-3-5-16(6-4-14)13-17(19)8-7-15-9-11-18-12-10-15/h3-6,15,18H,2,7-13H2,1H3. The highest BCUT2D eigenvalue weighted by Crippen LogP contribution is 2.18. The normalized spacial score (nSPS) is 16.5. The first kappa shape index (κ1) is 14.3. The van der Waals surface area contributed by atoms with Crippen LogP contribution in [0.4, 0.5) is 0 Å². The van der Waals surface area contributed by atoms with E-state index in [1.807, 2.05) is 0 Å². The highest BCUT2D eigenvalue weighted by molar-refractivity contribution is 5.80. The van der Waals surface area contributed by atoms with Crippen molar-refractivity contribution in [2.45, 2.75) is 45.4 Å². The molecule has 0 aromatic heterocycles. The second kappa shape index (κ2) is 7.44. The number of rotatable bonds is 6. The number of Topliss-reactive ketones (excluding diaryl/α,β-unsaturated/α-hetero) is 1. The third-order valence-corrected chi connectivity index (χ3v) is 4.12. The SMILES string of the molecule is CCc1ccc(CC(=O)CCC2CCNCC2)cc1. The van der Waals surface area contributed by atoms with Gasteiger partial charge < -0.3 is 5.32 Å². The molecule has 19 heavy (non-hydrogen) atoms. The molecule has 2 nitrogen and oxygen atoms in total. The average Bonchev–Trinajstić information content (AvgIpc) is 2.47. The maximum atomic E-state index is 12.0. The van der Waals surface area contributed by atoms with Crippen molar-refractivity contribution in [3.05, 3.63) is 35.4 Å². The number of benzene rings is 1. The lowest BCUT2D eigenvalue weighted by molar-refractivity contribution is -0.118. The summed E-state index contributed by atoms with van der Waals surface area (Å²) < 4.78 is 0. The van der Waals surface area contributed by atoms with Crippen LogP contribution in [-0.2, 0) is 17.6 Å². The van der Waals surface area contributed by atoms with E-state index in [9.17, 15) is 4.79 Å². The second-order valence-electron chi connectivity index (χ2n) is 5.62. The van der Waals surface area contributed by atoms with Gasteiger partial charge in [0.2, 0.25) is 0 Å². The van der Waals surface area contributed by atoms with Crippen molar-refractivity contribution in [2.75, 3.05) is 13.1 Å². The van der Waals surface area contributed by atoms with Crippen LogP contribution in [0.5, 0.6) is 0 Å². The molecule has 1 aromatic carbocycles. The molecule has 0 spiro atoms. The maximum Gasteiger partial charge on any atom is 0.137 e. The number of carbonyl (C=O) groups excluding carboxylic acids is 1. The molecule has 2 rings (SSSR count). The zero-order valence-corrected chi connectivity index (χ0v) is 12.0. The van der Waals surface area contributed by atoms with Crippen molar-refractivity contribution in [1.29, 1.82) is 0 Å². The van der Waals surface area contributed by atoms with Gasteiger partial charge in [-0.15, -0.1) is 0 Å². The van der Waals surface area contributed by atoms with Gasteiger partial charge in [-0.1, -0.05) is 31.2 Å². The number of aryl methyl sites for hydroxylation is 1. The van der Waals surface area contributed by atoms with Crippen LogP contribution in [0.1, 0.15) is 43.7 Å². The van der Waals surface area contributed by atoms with Crippen LogP contribution < -0.4 is 5.32 Å². The smallest absolute Gasteiger partial charge is 0.137 e. The minimum absolute atomic E-state index is 0.391. The van der Waals surface area contributed by atoms with Crippen molar-refractivity contribution in [1.82, 2.24) is 5.32 Å². The van der Waals surface area contributed by atoms with Gasteiger partial charge in [-0.2, -0.15) is 0 Å². The first-order chi connectivity index (χ1) is 9.28. The van der Waals surface area contributed by atoms with Crippen LogP contribution in [0.15, 0.2) is 24.3 Å². The Labute approximate surface area is 116 Å². The number of hydrogen-bond donors (Lipinski definition) is 1. The number of carbonyl (C=O) groups is 1. The van der Waals surface area contributed by atoms with E-state index < -0.39 is 0 Å². The van der Waals surface area contributed by atoms with Gasteiger partial charge in [0.25, 0.3) is 0 Å². The summed E-state index contributed by atoms with van der Waals surface area (Å²) in [5.74, 6) is 1.15. The lowest BCUT2D eigenvalue weighted by Crippen LogP contribution is -2.28. The van der Waals surface area contributed by atoms with Crippen molar-refractivity contribution in [3.63, 3.8) is 0 Å². The molecular weight excluding hydrogens is 234 g/mol. The van der Waals surface area contributed by atoms with Gasteiger partial charge in [0.1, 0.15) is 5.78 Å². The number of hydrogen-bond acceptors (Lipinski definition) is 2. The fraction of sp³-hybridized carbons (Fsp3) is 0.588. The van der Waals surface area contributed by atoms with E-state index in [1.165, 1.54) is 18.4 Å². The van der Waals surface area contributed by atoms with E-state index >= 15 is 0 Å². The van der Waals surface area contributed by atoms with Crippen molar-refractivity contribution >= 4 is 5.78 Å². The molecule has 1 heterocycles. The Hall–Kier alpha value is -1.15. The Morgan fingerprint density at radius 3 is 2.42 bits per heavy atom. The number of piperidine rings is 1. The molecule has 1 fully saturated rings. The number of ketones is 1. The fourth-order valence-electron chi connectivity index (χ4n) is 2.74. The predicted octanol–water partition coefficient (Wildman–Crippen LogP) is 3.14. The molecule has 0 saturated carbocycles. The first-order valence-electron chi connectivity index (χ1n) is 7.58. The molecule has 1 N–H and O–H groups in total. The molecule has 0 radical (unpaired) electrons. The highest BCUT2D eigenvalue weighted by atomic mass is 16.1. The molecule has 1 saturated heterocycles. The van der Waals surface area contributed by atoms with Crippen LogP contribution in [0, 0.1) is 5.92 Å². The molecule has 104 valence electrons. The summed E-state index contributed by atoms with van der Waals surface area (Å²) in [6.07, 6.45) is 5.96. The summed E-state index contributed by atoms with van der Waals surface area (Å²) >= 11 is 0. The summed E-state index contributed by atoms with van der Waals surface area (Å²) in [6, 6.07) is 8.47. The second-order valence-corrected chi connectivity index (χ2v) is 5.62.